The number of rotatable bonds is 5. The largest absolute Gasteiger partial charge is 0.480 e. The van der Waals surface area contributed by atoms with Crippen LogP contribution in [0.2, 0.25) is 0 Å². The van der Waals surface area contributed by atoms with Gasteiger partial charge in [0, 0.05) is 32.4 Å². The van der Waals surface area contributed by atoms with Gasteiger partial charge in [-0.2, -0.15) is 26.3 Å². The Morgan fingerprint density at radius 2 is 1.66 bits per heavy atom. The summed E-state index contributed by atoms with van der Waals surface area (Å²) in [6.45, 7) is 0.962. The molecule has 0 bridgehead atoms. The zero-order valence-corrected chi connectivity index (χ0v) is 19.3. The second-order valence-corrected chi connectivity index (χ2v) is 9.91. The predicted octanol–water partition coefficient (Wildman–Crippen LogP) is 3.80. The van der Waals surface area contributed by atoms with Crippen LogP contribution in [0.3, 0.4) is 0 Å². The number of alkyl halides is 6. The average Bonchev–Trinajstić information content (AvgIpc) is 2.77. The number of nitrogens with zero attached hydrogens (tertiary/aromatic N) is 3. The smallest absolute Gasteiger partial charge is 0.433 e. The highest BCUT2D eigenvalue weighted by atomic mass is 32.2. The van der Waals surface area contributed by atoms with E-state index < -0.39 is 45.6 Å². The van der Waals surface area contributed by atoms with Crippen molar-refractivity contribution in [3.63, 3.8) is 0 Å². The van der Waals surface area contributed by atoms with Crippen LogP contribution in [0.15, 0.2) is 41.3 Å². The normalized spacial score (nSPS) is 16.2. The summed E-state index contributed by atoms with van der Waals surface area (Å²) in [6.07, 6.45) is -10.7. The molecule has 1 aromatic heterocycles. The van der Waals surface area contributed by atoms with Crippen molar-refractivity contribution in [2.45, 2.75) is 30.3 Å². The van der Waals surface area contributed by atoms with Crippen LogP contribution < -0.4 is 9.64 Å². The van der Waals surface area contributed by atoms with Gasteiger partial charge in [0.1, 0.15) is 17.3 Å². The van der Waals surface area contributed by atoms with Crippen LogP contribution in [-0.2, 0) is 16.0 Å². The van der Waals surface area contributed by atoms with Crippen LogP contribution in [0.5, 0.6) is 5.75 Å². The van der Waals surface area contributed by atoms with Gasteiger partial charge in [-0.15, -0.1) is 0 Å². The Kier molecular flexibility index (Phi) is 7.25. The van der Waals surface area contributed by atoms with Gasteiger partial charge in [-0.25, -0.2) is 13.4 Å². The minimum absolute atomic E-state index is 0.00806. The summed E-state index contributed by atoms with van der Waals surface area (Å²) in [7, 11) is -3.78. The van der Waals surface area contributed by atoms with Gasteiger partial charge in [-0.05, 0) is 37.3 Å². The number of benzene rings is 1. The Morgan fingerprint density at radius 3 is 2.20 bits per heavy atom. The van der Waals surface area contributed by atoms with Gasteiger partial charge in [0.15, 0.2) is 15.9 Å². The molecule has 1 atom stereocenters. The van der Waals surface area contributed by atoms with Gasteiger partial charge >= 0.3 is 12.4 Å². The second kappa shape index (κ2) is 9.55. The first-order chi connectivity index (χ1) is 16.1. The van der Waals surface area contributed by atoms with E-state index in [1.165, 1.54) is 21.9 Å². The van der Waals surface area contributed by atoms with E-state index in [1.54, 1.807) is 0 Å². The van der Waals surface area contributed by atoms with Crippen LogP contribution in [0, 0.1) is 0 Å². The van der Waals surface area contributed by atoms with Crippen LogP contribution in [-0.4, -0.2) is 68.9 Å². The van der Waals surface area contributed by atoms with E-state index in [0.29, 0.717) is 0 Å². The number of sulfone groups is 1. The quantitative estimate of drug-likeness (QED) is 0.553. The number of amides is 1. The van der Waals surface area contributed by atoms with E-state index in [1.807, 2.05) is 0 Å². The van der Waals surface area contributed by atoms with Gasteiger partial charge in [-0.1, -0.05) is 6.07 Å². The van der Waals surface area contributed by atoms with Crippen molar-refractivity contribution in [3.8, 4) is 5.75 Å². The summed E-state index contributed by atoms with van der Waals surface area (Å²) < 4.78 is 107. The number of piperazine rings is 1. The molecule has 1 amide bonds. The third kappa shape index (κ3) is 6.35. The van der Waals surface area contributed by atoms with E-state index >= 15 is 0 Å². The third-order valence-corrected chi connectivity index (χ3v) is 6.40. The molecule has 0 saturated carbocycles. The van der Waals surface area contributed by atoms with Crippen molar-refractivity contribution in [1.82, 2.24) is 9.88 Å². The van der Waals surface area contributed by atoms with Crippen molar-refractivity contribution < 1.29 is 44.3 Å². The average molecular weight is 525 g/mol. The molecular weight excluding hydrogens is 504 g/mol. The van der Waals surface area contributed by atoms with Crippen molar-refractivity contribution in [2.75, 3.05) is 37.3 Å². The number of carbonyl (C=O) groups is 1. The summed E-state index contributed by atoms with van der Waals surface area (Å²) in [6, 6.07) is 6.44. The number of anilines is 1. The highest BCUT2D eigenvalue weighted by Crippen LogP contribution is 2.31. The molecule has 1 aliphatic rings. The summed E-state index contributed by atoms with van der Waals surface area (Å²) in [4.78, 5) is 19.3. The number of pyridine rings is 1. The zero-order chi connectivity index (χ0) is 26.2. The number of ether oxygens (including phenoxy) is 1. The first-order valence-electron chi connectivity index (χ1n) is 10.2. The minimum Gasteiger partial charge on any atom is -0.480 e. The van der Waals surface area contributed by atoms with Crippen molar-refractivity contribution in [3.05, 3.63) is 47.7 Å². The molecule has 0 radical (unpaired) electrons. The molecule has 1 fully saturated rings. The molecule has 0 N–H and O–H groups in total. The summed E-state index contributed by atoms with van der Waals surface area (Å²) in [5.74, 6) is -1.14. The lowest BCUT2D eigenvalue weighted by molar-refractivity contribution is -0.189. The first kappa shape index (κ1) is 26.6. The zero-order valence-electron chi connectivity index (χ0n) is 18.5. The molecule has 3 rings (SSSR count). The van der Waals surface area contributed by atoms with E-state index in [-0.39, 0.29) is 42.5 Å². The maximum Gasteiger partial charge on any atom is 0.433 e. The Hall–Kier alpha value is -3.03. The lowest BCUT2D eigenvalue weighted by atomic mass is 10.1. The number of aromatic nitrogens is 1. The molecule has 1 aromatic carbocycles. The number of carbonyl (C=O) groups excluding carboxylic acids is 1. The highest BCUT2D eigenvalue weighted by Gasteiger charge is 2.39. The fraction of sp³-hybridized carbons (Fsp3) is 0.429. The maximum atomic E-state index is 13.1. The Labute approximate surface area is 197 Å². The number of hydrogen-bond acceptors (Lipinski definition) is 6. The summed E-state index contributed by atoms with van der Waals surface area (Å²) in [5, 5.41) is 0. The summed E-state index contributed by atoms with van der Waals surface area (Å²) >= 11 is 0. The van der Waals surface area contributed by atoms with Crippen LogP contribution in [0.25, 0.3) is 0 Å². The molecule has 192 valence electrons. The predicted molar refractivity (Wildman–Crippen MR) is 113 cm³/mol. The van der Waals surface area contributed by atoms with Gasteiger partial charge < -0.3 is 14.5 Å². The monoisotopic (exact) mass is 525 g/mol. The fourth-order valence-electron chi connectivity index (χ4n) is 3.33. The Balaban J connectivity index is 1.83. The molecular formula is C21H21F6N3O4S. The topological polar surface area (TPSA) is 79.8 Å². The number of hydrogen-bond donors (Lipinski definition) is 0. The van der Waals surface area contributed by atoms with E-state index in [4.69, 9.17) is 4.74 Å². The molecule has 0 spiro atoms. The maximum absolute atomic E-state index is 13.1. The van der Waals surface area contributed by atoms with Crippen LogP contribution >= 0.6 is 0 Å². The van der Waals surface area contributed by atoms with Gasteiger partial charge in [0.25, 0.3) is 5.91 Å². The van der Waals surface area contributed by atoms with E-state index in [9.17, 15) is 39.6 Å². The highest BCUT2D eigenvalue weighted by molar-refractivity contribution is 7.90. The van der Waals surface area contributed by atoms with E-state index in [0.717, 1.165) is 37.4 Å². The lowest BCUT2D eigenvalue weighted by Gasteiger charge is -2.36. The van der Waals surface area contributed by atoms with Gasteiger partial charge in [0.05, 0.1) is 10.5 Å². The second-order valence-electron chi connectivity index (χ2n) is 7.89. The Morgan fingerprint density at radius 1 is 1.03 bits per heavy atom. The molecule has 35 heavy (non-hydrogen) atoms. The molecule has 1 saturated heterocycles. The minimum atomic E-state index is -4.72. The number of halogens is 6. The molecule has 1 aliphatic heterocycles. The first-order valence-corrected chi connectivity index (χ1v) is 12.1. The van der Waals surface area contributed by atoms with Crippen LogP contribution in [0.4, 0.5) is 32.2 Å². The molecule has 0 aliphatic carbocycles. The SMILES string of the molecule is CC(Oc1ccc(S(C)(=O)=O)cc1C(=O)N1CCN(c2cccc(C(F)(F)F)n2)CC1)C(F)(F)F. The molecule has 2 heterocycles. The molecule has 7 nitrogen and oxygen atoms in total. The Bertz CT molecular complexity index is 1190. The summed E-state index contributed by atoms with van der Waals surface area (Å²) in [5.41, 5.74) is -1.43. The van der Waals surface area contributed by atoms with Gasteiger partial charge in [0.2, 0.25) is 0 Å². The molecule has 1 unspecified atom stereocenters. The van der Waals surface area contributed by atoms with Crippen molar-refractivity contribution in [2.24, 2.45) is 0 Å². The lowest BCUT2D eigenvalue weighted by Crippen LogP contribution is -2.49. The van der Waals surface area contributed by atoms with Crippen molar-refractivity contribution >= 4 is 21.6 Å². The molecule has 2 aromatic rings. The van der Waals surface area contributed by atoms with E-state index in [2.05, 4.69) is 4.98 Å². The fourth-order valence-corrected chi connectivity index (χ4v) is 3.98. The van der Waals surface area contributed by atoms with Crippen molar-refractivity contribution in [1.29, 1.82) is 0 Å². The van der Waals surface area contributed by atoms with Crippen LogP contribution in [0.1, 0.15) is 23.0 Å². The molecule has 14 heteroatoms. The van der Waals surface area contributed by atoms with Gasteiger partial charge in [-0.3, -0.25) is 4.79 Å². The standard InChI is InChI=1S/C21H21F6N3O4S/c1-13(20(22,23)24)34-16-7-6-14(35(2,32)33)12-15(16)19(31)30-10-8-29(9-11-30)18-5-3-4-17(28-18)21(25,26)27/h3-7,12-13H,8-11H2,1-2H3. The third-order valence-electron chi connectivity index (χ3n) is 5.29.